The second kappa shape index (κ2) is 9.00. The zero-order chi connectivity index (χ0) is 21.0. The van der Waals surface area contributed by atoms with Crippen molar-refractivity contribution in [1.29, 1.82) is 0 Å². The largest absolute Gasteiger partial charge is 0.455 e. The topological polar surface area (TPSA) is 89.2 Å². The highest BCUT2D eigenvalue weighted by Crippen LogP contribution is 2.23. The minimum absolute atomic E-state index is 0.135. The molecule has 3 rings (SSSR count). The van der Waals surface area contributed by atoms with Crippen molar-refractivity contribution in [3.8, 4) is 0 Å². The first kappa shape index (κ1) is 20.7. The average Bonchev–Trinajstić information content (AvgIpc) is 3.30. The lowest BCUT2D eigenvalue weighted by atomic mass is 10.1. The number of furan rings is 1. The van der Waals surface area contributed by atoms with Gasteiger partial charge in [-0.2, -0.15) is 0 Å². The molecule has 29 heavy (non-hydrogen) atoms. The van der Waals surface area contributed by atoms with Gasteiger partial charge in [0.05, 0.1) is 12.3 Å². The molecule has 7 nitrogen and oxygen atoms in total. The van der Waals surface area contributed by atoms with Gasteiger partial charge in [0, 0.05) is 25.1 Å². The first-order valence-corrected chi connectivity index (χ1v) is 10.2. The lowest BCUT2D eigenvalue weighted by Gasteiger charge is -2.13. The summed E-state index contributed by atoms with van der Waals surface area (Å²) < 4.78 is 7.50. The van der Waals surface area contributed by atoms with Crippen molar-refractivity contribution in [1.82, 2.24) is 14.9 Å². The van der Waals surface area contributed by atoms with E-state index in [1.54, 1.807) is 18.3 Å². The van der Waals surface area contributed by atoms with Crippen LogP contribution in [-0.2, 0) is 17.6 Å². The van der Waals surface area contributed by atoms with E-state index in [1.807, 2.05) is 50.7 Å². The van der Waals surface area contributed by atoms with Gasteiger partial charge in [-0.25, -0.2) is 4.98 Å². The van der Waals surface area contributed by atoms with Crippen LogP contribution in [0.3, 0.4) is 0 Å². The summed E-state index contributed by atoms with van der Waals surface area (Å²) >= 11 is 1.52. The fraction of sp³-hybridized carbons (Fsp3) is 0.286. The van der Waals surface area contributed by atoms with Crippen molar-refractivity contribution in [2.45, 2.75) is 31.7 Å². The summed E-state index contributed by atoms with van der Waals surface area (Å²) in [4.78, 5) is 28.7. The summed E-state index contributed by atoms with van der Waals surface area (Å²) in [6.07, 6.45) is 3.60. The van der Waals surface area contributed by atoms with Crippen LogP contribution < -0.4 is 10.6 Å². The normalized spacial score (nSPS) is 10.8. The van der Waals surface area contributed by atoms with Crippen LogP contribution in [0.4, 0.5) is 5.69 Å². The second-order valence-electron chi connectivity index (χ2n) is 6.88. The number of aryl methyl sites for hydroxylation is 4. The first-order chi connectivity index (χ1) is 13.8. The van der Waals surface area contributed by atoms with E-state index in [1.165, 1.54) is 11.8 Å². The highest BCUT2D eigenvalue weighted by molar-refractivity contribution is 7.98. The standard InChI is InChI=1S/C21H24N4O3S/c1-13-9-14(2)19(15(3)10-13)24-18(26)11-23-20(27)17-6-5-16(28-17)12-29-21-22-7-8-25(21)4/h5-10H,11-12H2,1-4H3,(H,23,27)(H,24,26). The third-order valence-electron chi connectivity index (χ3n) is 4.36. The van der Waals surface area contributed by atoms with Crippen LogP contribution in [0.2, 0.25) is 0 Å². The Kier molecular flexibility index (Phi) is 6.43. The molecule has 1 aromatic carbocycles. The monoisotopic (exact) mass is 412 g/mol. The highest BCUT2D eigenvalue weighted by Gasteiger charge is 2.14. The van der Waals surface area contributed by atoms with Gasteiger partial charge in [-0.1, -0.05) is 29.5 Å². The van der Waals surface area contributed by atoms with Crippen LogP contribution in [0.25, 0.3) is 0 Å². The van der Waals surface area contributed by atoms with Crippen LogP contribution in [0, 0.1) is 20.8 Å². The first-order valence-electron chi connectivity index (χ1n) is 9.18. The van der Waals surface area contributed by atoms with Crippen LogP contribution in [-0.4, -0.2) is 27.9 Å². The summed E-state index contributed by atoms with van der Waals surface area (Å²) in [7, 11) is 1.92. The molecule has 0 aliphatic carbocycles. The maximum absolute atomic E-state index is 12.3. The molecule has 2 N–H and O–H groups in total. The summed E-state index contributed by atoms with van der Waals surface area (Å²) in [5.41, 5.74) is 3.90. The number of benzene rings is 1. The zero-order valence-corrected chi connectivity index (χ0v) is 17.7. The van der Waals surface area contributed by atoms with E-state index in [9.17, 15) is 9.59 Å². The molecular weight excluding hydrogens is 388 g/mol. The third-order valence-corrected chi connectivity index (χ3v) is 5.44. The Labute approximate surface area is 173 Å². The minimum Gasteiger partial charge on any atom is -0.455 e. The highest BCUT2D eigenvalue weighted by atomic mass is 32.2. The van der Waals surface area contributed by atoms with Gasteiger partial charge < -0.3 is 19.6 Å². The molecule has 3 aromatic rings. The molecule has 2 aromatic heterocycles. The SMILES string of the molecule is Cc1cc(C)c(NC(=O)CNC(=O)c2ccc(CSc3nccn3C)o2)c(C)c1. The predicted octanol–water partition coefficient (Wildman–Crippen LogP) is 3.60. The molecule has 0 atom stereocenters. The van der Waals surface area contributed by atoms with Crippen molar-refractivity contribution < 1.29 is 14.0 Å². The fourth-order valence-corrected chi connectivity index (χ4v) is 3.84. The Bertz CT molecular complexity index is 1020. The van der Waals surface area contributed by atoms with Crippen molar-refractivity contribution in [2.24, 2.45) is 7.05 Å². The molecule has 0 spiro atoms. The van der Waals surface area contributed by atoms with Crippen molar-refractivity contribution in [3.63, 3.8) is 0 Å². The molecule has 8 heteroatoms. The molecule has 0 fully saturated rings. The Balaban J connectivity index is 1.51. The van der Waals surface area contributed by atoms with Crippen molar-refractivity contribution in [3.05, 3.63) is 64.9 Å². The summed E-state index contributed by atoms with van der Waals surface area (Å²) in [6, 6.07) is 7.38. The summed E-state index contributed by atoms with van der Waals surface area (Å²) in [5, 5.41) is 6.32. The molecule has 0 saturated heterocycles. The van der Waals surface area contributed by atoms with Gasteiger partial charge in [-0.15, -0.1) is 0 Å². The Morgan fingerprint density at radius 2 is 1.90 bits per heavy atom. The number of imidazole rings is 1. The fourth-order valence-electron chi connectivity index (χ4n) is 3.01. The Morgan fingerprint density at radius 1 is 1.17 bits per heavy atom. The van der Waals surface area contributed by atoms with Gasteiger partial charge in [0.15, 0.2) is 10.9 Å². The Morgan fingerprint density at radius 3 is 2.55 bits per heavy atom. The van der Waals surface area contributed by atoms with E-state index in [0.717, 1.165) is 27.5 Å². The second-order valence-corrected chi connectivity index (χ2v) is 7.82. The number of rotatable bonds is 7. The van der Waals surface area contributed by atoms with Crippen molar-refractivity contribution in [2.75, 3.05) is 11.9 Å². The van der Waals surface area contributed by atoms with Gasteiger partial charge in [0.2, 0.25) is 5.91 Å². The van der Waals surface area contributed by atoms with E-state index in [-0.39, 0.29) is 18.2 Å². The van der Waals surface area contributed by atoms with E-state index in [2.05, 4.69) is 15.6 Å². The van der Waals surface area contributed by atoms with Crippen LogP contribution in [0.1, 0.15) is 33.0 Å². The lowest BCUT2D eigenvalue weighted by molar-refractivity contribution is -0.115. The van der Waals surface area contributed by atoms with Gasteiger partial charge in [0.1, 0.15) is 5.76 Å². The quantitative estimate of drug-likeness (QED) is 0.579. The van der Waals surface area contributed by atoms with E-state index in [4.69, 9.17) is 4.42 Å². The number of carbonyl (C=O) groups excluding carboxylic acids is 2. The average molecular weight is 413 g/mol. The van der Waals surface area contributed by atoms with Gasteiger partial charge in [0.25, 0.3) is 5.91 Å². The molecular formula is C21H24N4O3S. The van der Waals surface area contributed by atoms with Crippen LogP contribution >= 0.6 is 11.8 Å². The number of aromatic nitrogens is 2. The van der Waals surface area contributed by atoms with Gasteiger partial charge in [-0.05, 0) is 44.0 Å². The number of anilines is 1. The van der Waals surface area contributed by atoms with Crippen LogP contribution in [0.15, 0.2) is 46.2 Å². The molecule has 2 amide bonds. The van der Waals surface area contributed by atoms with E-state index in [0.29, 0.717) is 11.5 Å². The number of carbonyl (C=O) groups is 2. The Hall–Kier alpha value is -3.00. The number of amides is 2. The van der Waals surface area contributed by atoms with Crippen molar-refractivity contribution >= 4 is 29.3 Å². The smallest absolute Gasteiger partial charge is 0.287 e. The van der Waals surface area contributed by atoms with Crippen LogP contribution in [0.5, 0.6) is 0 Å². The number of hydrogen-bond acceptors (Lipinski definition) is 5. The van der Waals surface area contributed by atoms with E-state index >= 15 is 0 Å². The molecule has 0 radical (unpaired) electrons. The minimum atomic E-state index is -0.425. The summed E-state index contributed by atoms with van der Waals surface area (Å²) in [6.45, 7) is 5.77. The molecule has 2 heterocycles. The molecule has 152 valence electrons. The molecule has 0 unspecified atom stereocenters. The summed E-state index contributed by atoms with van der Waals surface area (Å²) in [5.74, 6) is 0.690. The molecule has 0 aliphatic rings. The molecule has 0 saturated carbocycles. The maximum Gasteiger partial charge on any atom is 0.287 e. The predicted molar refractivity (Wildman–Crippen MR) is 113 cm³/mol. The third kappa shape index (κ3) is 5.29. The molecule has 0 aliphatic heterocycles. The lowest BCUT2D eigenvalue weighted by Crippen LogP contribution is -2.33. The van der Waals surface area contributed by atoms with Gasteiger partial charge in [-0.3, -0.25) is 9.59 Å². The number of hydrogen-bond donors (Lipinski definition) is 2. The van der Waals surface area contributed by atoms with Gasteiger partial charge >= 0.3 is 0 Å². The van der Waals surface area contributed by atoms with E-state index < -0.39 is 5.91 Å². The number of nitrogens with one attached hydrogen (secondary N) is 2. The molecule has 0 bridgehead atoms. The maximum atomic E-state index is 12.3. The number of thioether (sulfide) groups is 1. The zero-order valence-electron chi connectivity index (χ0n) is 16.9. The number of nitrogens with zero attached hydrogens (tertiary/aromatic N) is 2.